The van der Waals surface area contributed by atoms with Gasteiger partial charge in [-0.05, 0) is 42.0 Å². The van der Waals surface area contributed by atoms with Crippen molar-refractivity contribution in [1.29, 1.82) is 0 Å². The molecule has 0 spiro atoms. The number of nitrogens with zero attached hydrogens (tertiary/aromatic N) is 1. The standard InChI is InChI=1S/C21H19N3O4/c1-27-17-6-2-4-14(10-17)11-19(25)24-16-8-9-20(23-13-16)28-18-7-3-5-15(12-18)21(22)26/h2-10,12-13H,11H2,1H3,(H2,22,26)(H,24,25). The fourth-order valence-electron chi connectivity index (χ4n) is 2.52. The number of benzene rings is 2. The molecular formula is C21H19N3O4. The first-order valence-corrected chi connectivity index (χ1v) is 8.50. The van der Waals surface area contributed by atoms with Crippen molar-refractivity contribution in [2.45, 2.75) is 6.42 Å². The van der Waals surface area contributed by atoms with Crippen LogP contribution in [0.5, 0.6) is 17.4 Å². The highest BCUT2D eigenvalue weighted by Gasteiger charge is 2.07. The summed E-state index contributed by atoms with van der Waals surface area (Å²) < 4.78 is 10.8. The van der Waals surface area contributed by atoms with Crippen LogP contribution in [-0.4, -0.2) is 23.9 Å². The van der Waals surface area contributed by atoms with Crippen molar-refractivity contribution < 1.29 is 19.1 Å². The molecule has 0 radical (unpaired) electrons. The zero-order chi connectivity index (χ0) is 19.9. The molecule has 7 heteroatoms. The van der Waals surface area contributed by atoms with E-state index in [1.165, 1.54) is 12.3 Å². The Morgan fingerprint density at radius 1 is 1.04 bits per heavy atom. The Labute approximate surface area is 162 Å². The highest BCUT2D eigenvalue weighted by Crippen LogP contribution is 2.21. The van der Waals surface area contributed by atoms with Gasteiger partial charge in [-0.25, -0.2) is 4.98 Å². The number of carbonyl (C=O) groups excluding carboxylic acids is 2. The van der Waals surface area contributed by atoms with Crippen molar-refractivity contribution >= 4 is 17.5 Å². The van der Waals surface area contributed by atoms with Gasteiger partial charge in [0.25, 0.3) is 0 Å². The number of hydrogen-bond donors (Lipinski definition) is 2. The molecule has 3 rings (SSSR count). The van der Waals surface area contributed by atoms with Gasteiger partial charge in [0.15, 0.2) is 0 Å². The number of anilines is 1. The van der Waals surface area contributed by atoms with Gasteiger partial charge in [0, 0.05) is 11.6 Å². The summed E-state index contributed by atoms with van der Waals surface area (Å²) in [5.41, 5.74) is 7.00. The quantitative estimate of drug-likeness (QED) is 0.658. The van der Waals surface area contributed by atoms with Crippen LogP contribution >= 0.6 is 0 Å². The Balaban J connectivity index is 1.60. The van der Waals surface area contributed by atoms with E-state index in [-0.39, 0.29) is 12.3 Å². The number of pyridine rings is 1. The summed E-state index contributed by atoms with van der Waals surface area (Å²) in [5.74, 6) is 0.769. The fraction of sp³-hybridized carbons (Fsp3) is 0.0952. The SMILES string of the molecule is COc1cccc(CC(=O)Nc2ccc(Oc3cccc(C(N)=O)c3)nc2)c1. The second kappa shape index (κ2) is 8.68. The summed E-state index contributed by atoms with van der Waals surface area (Å²) in [6, 6.07) is 17.1. The summed E-state index contributed by atoms with van der Waals surface area (Å²) in [6.07, 6.45) is 1.71. The Morgan fingerprint density at radius 2 is 1.82 bits per heavy atom. The van der Waals surface area contributed by atoms with Crippen LogP contribution in [0, 0.1) is 0 Å². The average Bonchev–Trinajstić information content (AvgIpc) is 2.70. The maximum absolute atomic E-state index is 12.2. The van der Waals surface area contributed by atoms with E-state index in [0.29, 0.717) is 28.6 Å². The number of primary amides is 1. The lowest BCUT2D eigenvalue weighted by Crippen LogP contribution is -2.14. The molecular weight excluding hydrogens is 358 g/mol. The van der Waals surface area contributed by atoms with Gasteiger partial charge in [-0.15, -0.1) is 0 Å². The van der Waals surface area contributed by atoms with E-state index in [4.69, 9.17) is 15.2 Å². The van der Waals surface area contributed by atoms with E-state index in [1.807, 2.05) is 24.3 Å². The molecule has 0 aliphatic carbocycles. The molecule has 0 saturated carbocycles. The second-order valence-electron chi connectivity index (χ2n) is 5.96. The van der Waals surface area contributed by atoms with Crippen LogP contribution in [0.3, 0.4) is 0 Å². The largest absolute Gasteiger partial charge is 0.497 e. The number of carbonyl (C=O) groups is 2. The van der Waals surface area contributed by atoms with E-state index in [0.717, 1.165) is 5.56 Å². The van der Waals surface area contributed by atoms with E-state index >= 15 is 0 Å². The third-order valence-corrected chi connectivity index (χ3v) is 3.86. The number of ether oxygens (including phenoxy) is 2. The topological polar surface area (TPSA) is 104 Å². The molecule has 2 aromatic carbocycles. The molecule has 0 bridgehead atoms. The number of aromatic nitrogens is 1. The summed E-state index contributed by atoms with van der Waals surface area (Å²) >= 11 is 0. The minimum Gasteiger partial charge on any atom is -0.497 e. The van der Waals surface area contributed by atoms with E-state index in [2.05, 4.69) is 10.3 Å². The smallest absolute Gasteiger partial charge is 0.248 e. The van der Waals surface area contributed by atoms with Crippen molar-refractivity contribution in [3.05, 3.63) is 78.0 Å². The van der Waals surface area contributed by atoms with Crippen molar-refractivity contribution in [2.75, 3.05) is 12.4 Å². The Morgan fingerprint density at radius 3 is 2.54 bits per heavy atom. The maximum atomic E-state index is 12.2. The van der Waals surface area contributed by atoms with Gasteiger partial charge in [-0.3, -0.25) is 9.59 Å². The minimum absolute atomic E-state index is 0.169. The van der Waals surface area contributed by atoms with E-state index in [9.17, 15) is 9.59 Å². The van der Waals surface area contributed by atoms with Crippen molar-refractivity contribution in [2.24, 2.45) is 5.73 Å². The molecule has 3 N–H and O–H groups in total. The van der Waals surface area contributed by atoms with Crippen LogP contribution in [0.4, 0.5) is 5.69 Å². The van der Waals surface area contributed by atoms with Gasteiger partial charge < -0.3 is 20.5 Å². The molecule has 1 heterocycles. The average molecular weight is 377 g/mol. The van der Waals surface area contributed by atoms with Gasteiger partial charge >= 0.3 is 0 Å². The Hall–Kier alpha value is -3.87. The summed E-state index contributed by atoms with van der Waals surface area (Å²) in [5, 5.41) is 2.78. The number of nitrogens with one attached hydrogen (secondary N) is 1. The first-order valence-electron chi connectivity index (χ1n) is 8.50. The lowest BCUT2D eigenvalue weighted by atomic mass is 10.1. The van der Waals surface area contributed by atoms with Gasteiger partial charge in [0.05, 0.1) is 25.4 Å². The minimum atomic E-state index is -0.535. The van der Waals surface area contributed by atoms with Gasteiger partial charge in [0.2, 0.25) is 17.7 Å². The highest BCUT2D eigenvalue weighted by molar-refractivity contribution is 5.93. The van der Waals surface area contributed by atoms with Gasteiger partial charge in [-0.2, -0.15) is 0 Å². The third kappa shape index (κ3) is 5.07. The van der Waals surface area contributed by atoms with Crippen molar-refractivity contribution in [3.8, 4) is 17.4 Å². The number of nitrogens with two attached hydrogens (primary N) is 1. The summed E-state index contributed by atoms with van der Waals surface area (Å²) in [4.78, 5) is 27.6. The van der Waals surface area contributed by atoms with Crippen LogP contribution in [-0.2, 0) is 11.2 Å². The van der Waals surface area contributed by atoms with Crippen molar-refractivity contribution in [3.63, 3.8) is 0 Å². The summed E-state index contributed by atoms with van der Waals surface area (Å²) in [6.45, 7) is 0. The first kappa shape index (κ1) is 18.9. The Kier molecular flexibility index (Phi) is 5.86. The predicted molar refractivity (Wildman–Crippen MR) is 105 cm³/mol. The molecule has 1 aromatic heterocycles. The predicted octanol–water partition coefficient (Wildman–Crippen LogP) is 3.16. The zero-order valence-corrected chi connectivity index (χ0v) is 15.2. The van der Waals surface area contributed by atoms with E-state index in [1.54, 1.807) is 37.4 Å². The number of hydrogen-bond acceptors (Lipinski definition) is 5. The van der Waals surface area contributed by atoms with Gasteiger partial charge in [0.1, 0.15) is 11.5 Å². The van der Waals surface area contributed by atoms with Crippen LogP contribution < -0.4 is 20.5 Å². The highest BCUT2D eigenvalue weighted by atomic mass is 16.5. The molecule has 0 atom stereocenters. The second-order valence-corrected chi connectivity index (χ2v) is 5.96. The molecule has 3 aromatic rings. The molecule has 7 nitrogen and oxygen atoms in total. The monoisotopic (exact) mass is 377 g/mol. The molecule has 142 valence electrons. The van der Waals surface area contributed by atoms with Crippen molar-refractivity contribution in [1.82, 2.24) is 4.98 Å². The Bertz CT molecular complexity index is 987. The van der Waals surface area contributed by atoms with Crippen LogP contribution in [0.25, 0.3) is 0 Å². The normalized spacial score (nSPS) is 10.2. The molecule has 0 unspecified atom stereocenters. The molecule has 0 saturated heterocycles. The molecule has 0 aliphatic heterocycles. The number of amides is 2. The van der Waals surface area contributed by atoms with Crippen LogP contribution in [0.1, 0.15) is 15.9 Å². The van der Waals surface area contributed by atoms with E-state index < -0.39 is 5.91 Å². The first-order chi connectivity index (χ1) is 13.5. The lowest BCUT2D eigenvalue weighted by Gasteiger charge is -2.08. The zero-order valence-electron chi connectivity index (χ0n) is 15.2. The summed E-state index contributed by atoms with van der Waals surface area (Å²) in [7, 11) is 1.58. The van der Waals surface area contributed by atoms with Crippen LogP contribution in [0.2, 0.25) is 0 Å². The maximum Gasteiger partial charge on any atom is 0.248 e. The third-order valence-electron chi connectivity index (χ3n) is 3.86. The molecule has 0 aliphatic rings. The fourth-order valence-corrected chi connectivity index (χ4v) is 2.52. The number of rotatable bonds is 7. The van der Waals surface area contributed by atoms with Crippen LogP contribution in [0.15, 0.2) is 66.9 Å². The van der Waals surface area contributed by atoms with Gasteiger partial charge in [-0.1, -0.05) is 18.2 Å². The molecule has 28 heavy (non-hydrogen) atoms. The molecule has 0 fully saturated rings. The number of methoxy groups -OCH3 is 1. The molecule has 2 amide bonds. The lowest BCUT2D eigenvalue weighted by molar-refractivity contribution is -0.115.